The van der Waals surface area contributed by atoms with E-state index < -0.39 is 0 Å². The Bertz CT molecular complexity index is 635. The Morgan fingerprint density at radius 2 is 1.74 bits per heavy atom. The van der Waals surface area contributed by atoms with Crippen molar-refractivity contribution in [3.05, 3.63) is 29.8 Å². The van der Waals surface area contributed by atoms with Gasteiger partial charge in [0.25, 0.3) is 0 Å². The topological polar surface area (TPSA) is 75.3 Å². The lowest BCUT2D eigenvalue weighted by atomic mass is 10.1. The van der Waals surface area contributed by atoms with Gasteiger partial charge in [-0.15, -0.1) is 0 Å². The average Bonchev–Trinajstić information content (AvgIpc) is 3.18. The maximum Gasteiger partial charge on any atom is 0.228 e. The summed E-state index contributed by atoms with van der Waals surface area (Å²) in [5.41, 5.74) is 1.17. The van der Waals surface area contributed by atoms with Crippen molar-refractivity contribution in [2.75, 3.05) is 5.32 Å². The van der Waals surface area contributed by atoms with Crippen molar-refractivity contribution >= 4 is 23.3 Å². The highest BCUT2D eigenvalue weighted by atomic mass is 16.2. The largest absolute Gasteiger partial charge is 0.353 e. The van der Waals surface area contributed by atoms with Crippen molar-refractivity contribution in [1.29, 1.82) is 0 Å². The molecule has 0 heterocycles. The number of benzene rings is 1. The van der Waals surface area contributed by atoms with E-state index in [0.29, 0.717) is 23.7 Å². The van der Waals surface area contributed by atoms with Gasteiger partial charge >= 0.3 is 0 Å². The lowest BCUT2D eigenvalue weighted by Crippen LogP contribution is -2.34. The molecule has 2 saturated carbocycles. The van der Waals surface area contributed by atoms with Gasteiger partial charge in [0.05, 0.1) is 11.8 Å². The van der Waals surface area contributed by atoms with Crippen LogP contribution in [0.2, 0.25) is 0 Å². The molecule has 0 saturated heterocycles. The molecule has 2 aliphatic rings. The van der Waals surface area contributed by atoms with Crippen LogP contribution in [0.4, 0.5) is 5.69 Å². The summed E-state index contributed by atoms with van der Waals surface area (Å²) in [4.78, 5) is 35.7. The minimum Gasteiger partial charge on any atom is -0.353 e. The van der Waals surface area contributed by atoms with E-state index >= 15 is 0 Å². The number of nitrogens with one attached hydrogen (secondary N) is 2. The summed E-state index contributed by atoms with van der Waals surface area (Å²) >= 11 is 0. The number of carbonyl (C=O) groups is 3. The summed E-state index contributed by atoms with van der Waals surface area (Å²) in [6, 6.07) is 7.16. The third kappa shape index (κ3) is 3.78. The van der Waals surface area contributed by atoms with Crippen LogP contribution in [-0.2, 0) is 9.59 Å². The number of rotatable bonds is 5. The van der Waals surface area contributed by atoms with Crippen molar-refractivity contribution in [2.45, 2.75) is 45.1 Å². The maximum atomic E-state index is 12.2. The molecule has 5 heteroatoms. The molecule has 3 rings (SSSR count). The summed E-state index contributed by atoms with van der Waals surface area (Å²) in [7, 11) is 0. The van der Waals surface area contributed by atoms with Gasteiger partial charge in [0.15, 0.2) is 5.78 Å². The molecule has 122 valence electrons. The molecule has 5 nitrogen and oxygen atoms in total. The maximum absolute atomic E-state index is 12.2. The first-order valence-corrected chi connectivity index (χ1v) is 8.27. The number of hydrogen-bond donors (Lipinski definition) is 2. The Labute approximate surface area is 135 Å². The summed E-state index contributed by atoms with van der Waals surface area (Å²) in [6.07, 6.45) is 5.05. The zero-order valence-corrected chi connectivity index (χ0v) is 13.3. The highest BCUT2D eigenvalue weighted by Crippen LogP contribution is 2.40. The number of carbonyl (C=O) groups excluding carboxylic acids is 3. The molecule has 0 aliphatic heterocycles. The lowest BCUT2D eigenvalue weighted by molar-refractivity contribution is -0.125. The third-order valence-electron chi connectivity index (χ3n) is 4.70. The Balaban J connectivity index is 1.52. The molecular weight excluding hydrogens is 292 g/mol. The SMILES string of the molecule is CC(=O)c1cccc(NC(=O)C2CC2C(=O)NC2CCCC2)c1. The van der Waals surface area contributed by atoms with Crippen LogP contribution in [0.15, 0.2) is 24.3 Å². The van der Waals surface area contributed by atoms with Crippen LogP contribution < -0.4 is 10.6 Å². The molecule has 0 spiro atoms. The van der Waals surface area contributed by atoms with Gasteiger partial charge in [-0.3, -0.25) is 14.4 Å². The second-order valence-electron chi connectivity index (χ2n) is 6.56. The predicted octanol–water partition coefficient (Wildman–Crippen LogP) is 2.52. The van der Waals surface area contributed by atoms with Crippen LogP contribution in [0.5, 0.6) is 0 Å². The second-order valence-corrected chi connectivity index (χ2v) is 6.56. The van der Waals surface area contributed by atoms with Crippen LogP contribution >= 0.6 is 0 Å². The molecule has 2 aliphatic carbocycles. The van der Waals surface area contributed by atoms with Gasteiger partial charge in [0, 0.05) is 17.3 Å². The molecule has 2 fully saturated rings. The van der Waals surface area contributed by atoms with Crippen molar-refractivity contribution in [1.82, 2.24) is 5.32 Å². The zero-order chi connectivity index (χ0) is 16.4. The van der Waals surface area contributed by atoms with E-state index in [9.17, 15) is 14.4 Å². The highest BCUT2D eigenvalue weighted by molar-refractivity contribution is 6.01. The van der Waals surface area contributed by atoms with Crippen LogP contribution in [0.25, 0.3) is 0 Å². The van der Waals surface area contributed by atoms with E-state index in [0.717, 1.165) is 12.8 Å². The second kappa shape index (κ2) is 6.52. The van der Waals surface area contributed by atoms with Gasteiger partial charge in [-0.1, -0.05) is 25.0 Å². The number of amides is 2. The molecule has 2 amide bonds. The number of ketones is 1. The fourth-order valence-corrected chi connectivity index (χ4v) is 3.20. The summed E-state index contributed by atoms with van der Waals surface area (Å²) in [5.74, 6) is -0.628. The van der Waals surface area contributed by atoms with E-state index in [1.807, 2.05) is 0 Å². The Hall–Kier alpha value is -2.17. The van der Waals surface area contributed by atoms with Gasteiger partial charge in [0.1, 0.15) is 0 Å². The van der Waals surface area contributed by atoms with E-state index in [1.165, 1.54) is 19.8 Å². The molecule has 0 bridgehead atoms. The first-order valence-electron chi connectivity index (χ1n) is 8.27. The van der Waals surface area contributed by atoms with Crippen LogP contribution in [0.1, 0.15) is 49.4 Å². The standard InChI is InChI=1S/C18H22N2O3/c1-11(21)12-5-4-8-14(9-12)20-18(23)16-10-15(16)17(22)19-13-6-2-3-7-13/h4-5,8-9,13,15-16H,2-3,6-7,10H2,1H3,(H,19,22)(H,20,23). The van der Waals surface area contributed by atoms with Gasteiger partial charge in [-0.2, -0.15) is 0 Å². The summed E-state index contributed by atoms with van der Waals surface area (Å²) < 4.78 is 0. The van der Waals surface area contributed by atoms with Crippen molar-refractivity contribution in [2.24, 2.45) is 11.8 Å². The van der Waals surface area contributed by atoms with E-state index in [-0.39, 0.29) is 29.4 Å². The number of Topliss-reactive ketones (excluding diaryl/α,β-unsaturated/α-hetero) is 1. The number of anilines is 1. The van der Waals surface area contributed by atoms with E-state index in [2.05, 4.69) is 10.6 Å². The first kappa shape index (κ1) is 15.7. The van der Waals surface area contributed by atoms with E-state index in [4.69, 9.17) is 0 Å². The summed E-state index contributed by atoms with van der Waals surface area (Å²) in [6.45, 7) is 1.49. The van der Waals surface area contributed by atoms with Crippen LogP contribution in [0.3, 0.4) is 0 Å². The zero-order valence-electron chi connectivity index (χ0n) is 13.3. The van der Waals surface area contributed by atoms with Gasteiger partial charge in [0.2, 0.25) is 11.8 Å². The minimum absolute atomic E-state index is 0.00883. The molecule has 1 aromatic rings. The molecule has 23 heavy (non-hydrogen) atoms. The van der Waals surface area contributed by atoms with Gasteiger partial charge in [-0.05, 0) is 38.3 Å². The van der Waals surface area contributed by atoms with Crippen molar-refractivity contribution < 1.29 is 14.4 Å². The smallest absolute Gasteiger partial charge is 0.228 e. The minimum atomic E-state index is -0.252. The Morgan fingerprint density at radius 1 is 1.04 bits per heavy atom. The summed E-state index contributed by atoms with van der Waals surface area (Å²) in [5, 5.41) is 5.86. The lowest BCUT2D eigenvalue weighted by Gasteiger charge is -2.11. The highest BCUT2D eigenvalue weighted by Gasteiger charge is 2.48. The molecule has 2 atom stereocenters. The monoisotopic (exact) mass is 314 g/mol. The fraction of sp³-hybridized carbons (Fsp3) is 0.500. The first-order chi connectivity index (χ1) is 11.0. The van der Waals surface area contributed by atoms with Gasteiger partial charge in [-0.25, -0.2) is 0 Å². The molecule has 2 unspecified atom stereocenters. The average molecular weight is 314 g/mol. The molecule has 0 radical (unpaired) electrons. The molecular formula is C18H22N2O3. The van der Waals surface area contributed by atoms with E-state index in [1.54, 1.807) is 24.3 Å². The fourth-order valence-electron chi connectivity index (χ4n) is 3.20. The number of hydrogen-bond acceptors (Lipinski definition) is 3. The Morgan fingerprint density at radius 3 is 2.43 bits per heavy atom. The third-order valence-corrected chi connectivity index (χ3v) is 4.70. The van der Waals surface area contributed by atoms with Crippen LogP contribution in [0, 0.1) is 11.8 Å². The Kier molecular flexibility index (Phi) is 4.46. The van der Waals surface area contributed by atoms with Crippen LogP contribution in [-0.4, -0.2) is 23.6 Å². The molecule has 1 aromatic carbocycles. The molecule has 0 aromatic heterocycles. The molecule has 2 N–H and O–H groups in total. The van der Waals surface area contributed by atoms with Gasteiger partial charge < -0.3 is 10.6 Å². The van der Waals surface area contributed by atoms with Crippen molar-refractivity contribution in [3.8, 4) is 0 Å². The van der Waals surface area contributed by atoms with Crippen molar-refractivity contribution in [3.63, 3.8) is 0 Å². The quantitative estimate of drug-likeness (QED) is 0.820. The predicted molar refractivity (Wildman–Crippen MR) is 87.1 cm³/mol. The normalized spacial score (nSPS) is 23.3.